The van der Waals surface area contributed by atoms with Crippen LogP contribution in [0, 0.1) is 5.82 Å². The highest BCUT2D eigenvalue weighted by Crippen LogP contribution is 2.20. The van der Waals surface area contributed by atoms with Gasteiger partial charge in [-0.25, -0.2) is 4.39 Å². The summed E-state index contributed by atoms with van der Waals surface area (Å²) in [7, 11) is 0. The van der Waals surface area contributed by atoms with Gasteiger partial charge in [-0.15, -0.1) is 0 Å². The standard InChI is InChI=1S/C23H28FNO3/c1-2-3-14-27-20-12-10-18(11-13-20)23(26)25(17-21-8-6-15-28-21)16-19-7-4-5-9-22(19)24/h4-5,7,9-13,21H,2-3,6,8,14-17H2,1H3. The molecule has 1 fully saturated rings. The first-order chi connectivity index (χ1) is 13.7. The van der Waals surface area contributed by atoms with E-state index in [-0.39, 0.29) is 24.4 Å². The van der Waals surface area contributed by atoms with Crippen molar-refractivity contribution in [3.63, 3.8) is 0 Å². The Kier molecular flexibility index (Phi) is 7.43. The zero-order valence-electron chi connectivity index (χ0n) is 16.4. The van der Waals surface area contributed by atoms with Gasteiger partial charge >= 0.3 is 0 Å². The summed E-state index contributed by atoms with van der Waals surface area (Å²) in [5, 5.41) is 0. The molecule has 0 aliphatic carbocycles. The summed E-state index contributed by atoms with van der Waals surface area (Å²) in [5.74, 6) is 0.330. The summed E-state index contributed by atoms with van der Waals surface area (Å²) >= 11 is 0. The lowest BCUT2D eigenvalue weighted by Gasteiger charge is -2.26. The molecule has 0 bridgehead atoms. The Morgan fingerprint density at radius 2 is 2.00 bits per heavy atom. The van der Waals surface area contributed by atoms with Gasteiger partial charge in [0.15, 0.2) is 0 Å². The fraction of sp³-hybridized carbons (Fsp3) is 0.435. The maximum atomic E-state index is 14.1. The molecule has 0 spiro atoms. The van der Waals surface area contributed by atoms with Gasteiger partial charge in [0.25, 0.3) is 5.91 Å². The number of rotatable bonds is 9. The molecule has 0 saturated carbocycles. The molecule has 3 rings (SSSR count). The highest BCUT2D eigenvalue weighted by atomic mass is 19.1. The van der Waals surface area contributed by atoms with Gasteiger partial charge in [0.1, 0.15) is 11.6 Å². The van der Waals surface area contributed by atoms with Crippen LogP contribution in [0.4, 0.5) is 4.39 Å². The summed E-state index contributed by atoms with van der Waals surface area (Å²) in [5.41, 5.74) is 1.07. The lowest BCUT2D eigenvalue weighted by atomic mass is 10.1. The molecule has 2 aromatic carbocycles. The zero-order chi connectivity index (χ0) is 19.8. The molecule has 0 aromatic heterocycles. The molecule has 1 saturated heterocycles. The van der Waals surface area contributed by atoms with Crippen LogP contribution in [0.3, 0.4) is 0 Å². The third-order valence-electron chi connectivity index (χ3n) is 4.92. The monoisotopic (exact) mass is 385 g/mol. The highest BCUT2D eigenvalue weighted by Gasteiger charge is 2.24. The second kappa shape index (κ2) is 10.2. The van der Waals surface area contributed by atoms with Crippen LogP contribution in [-0.2, 0) is 11.3 Å². The minimum absolute atomic E-state index is 0.00683. The maximum Gasteiger partial charge on any atom is 0.254 e. The molecule has 28 heavy (non-hydrogen) atoms. The van der Waals surface area contributed by atoms with Crippen LogP contribution in [0.25, 0.3) is 0 Å². The second-order valence-corrected chi connectivity index (χ2v) is 7.14. The molecule has 2 aromatic rings. The first-order valence-electron chi connectivity index (χ1n) is 10.0. The maximum absolute atomic E-state index is 14.1. The number of hydrogen-bond donors (Lipinski definition) is 0. The number of unbranched alkanes of at least 4 members (excludes halogenated alkanes) is 1. The van der Waals surface area contributed by atoms with Gasteiger partial charge in [0, 0.05) is 30.8 Å². The van der Waals surface area contributed by atoms with Crippen molar-refractivity contribution < 1.29 is 18.7 Å². The van der Waals surface area contributed by atoms with Gasteiger partial charge < -0.3 is 14.4 Å². The summed E-state index contributed by atoms with van der Waals surface area (Å²) in [6, 6.07) is 13.8. The van der Waals surface area contributed by atoms with Gasteiger partial charge in [0.05, 0.1) is 12.7 Å². The number of nitrogens with zero attached hydrogens (tertiary/aromatic N) is 1. The average molecular weight is 385 g/mol. The topological polar surface area (TPSA) is 38.8 Å². The number of benzene rings is 2. The van der Waals surface area contributed by atoms with Crippen LogP contribution >= 0.6 is 0 Å². The Bertz CT molecular complexity index is 757. The number of amides is 1. The van der Waals surface area contributed by atoms with E-state index in [9.17, 15) is 9.18 Å². The number of carbonyl (C=O) groups excluding carboxylic acids is 1. The van der Waals surface area contributed by atoms with Crippen LogP contribution in [-0.4, -0.2) is 36.7 Å². The van der Waals surface area contributed by atoms with Crippen LogP contribution in [0.15, 0.2) is 48.5 Å². The molecule has 1 atom stereocenters. The fourth-order valence-electron chi connectivity index (χ4n) is 3.30. The fourth-order valence-corrected chi connectivity index (χ4v) is 3.30. The second-order valence-electron chi connectivity index (χ2n) is 7.14. The number of ether oxygens (including phenoxy) is 2. The van der Waals surface area contributed by atoms with E-state index in [4.69, 9.17) is 9.47 Å². The number of halogens is 1. The quantitative estimate of drug-likeness (QED) is 0.581. The molecular formula is C23H28FNO3. The van der Waals surface area contributed by atoms with E-state index in [1.807, 2.05) is 12.1 Å². The summed E-state index contributed by atoms with van der Waals surface area (Å²) in [6.07, 6.45) is 4.00. The van der Waals surface area contributed by atoms with E-state index in [2.05, 4.69) is 6.92 Å². The van der Waals surface area contributed by atoms with E-state index in [1.165, 1.54) is 6.07 Å². The predicted molar refractivity (Wildman–Crippen MR) is 107 cm³/mol. The minimum Gasteiger partial charge on any atom is -0.494 e. The highest BCUT2D eigenvalue weighted by molar-refractivity contribution is 5.94. The Hall–Kier alpha value is -2.40. The van der Waals surface area contributed by atoms with Crippen LogP contribution < -0.4 is 4.74 Å². The molecule has 0 N–H and O–H groups in total. The van der Waals surface area contributed by atoms with Crippen molar-refractivity contribution in [3.8, 4) is 5.75 Å². The van der Waals surface area contributed by atoms with E-state index >= 15 is 0 Å². The zero-order valence-corrected chi connectivity index (χ0v) is 16.4. The molecule has 1 aliphatic rings. The molecule has 4 nitrogen and oxygen atoms in total. The molecular weight excluding hydrogens is 357 g/mol. The van der Waals surface area contributed by atoms with Crippen LogP contribution in [0.5, 0.6) is 5.75 Å². The van der Waals surface area contributed by atoms with Gasteiger partial charge in [0.2, 0.25) is 0 Å². The SMILES string of the molecule is CCCCOc1ccc(C(=O)N(Cc2ccccc2F)CC2CCCO2)cc1. The van der Waals surface area contributed by atoms with Crippen molar-refractivity contribution in [2.24, 2.45) is 0 Å². The van der Waals surface area contributed by atoms with E-state index < -0.39 is 0 Å². The van der Waals surface area contributed by atoms with Crippen molar-refractivity contribution in [1.82, 2.24) is 4.90 Å². The summed E-state index contributed by atoms with van der Waals surface area (Å²) in [4.78, 5) is 14.8. The largest absolute Gasteiger partial charge is 0.494 e. The summed E-state index contributed by atoms with van der Waals surface area (Å²) < 4.78 is 25.5. The van der Waals surface area contributed by atoms with Crippen molar-refractivity contribution in [2.45, 2.75) is 45.3 Å². The average Bonchev–Trinajstić information content (AvgIpc) is 3.22. The smallest absolute Gasteiger partial charge is 0.254 e. The van der Waals surface area contributed by atoms with Gasteiger partial charge in [-0.05, 0) is 49.6 Å². The normalized spacial score (nSPS) is 16.1. The van der Waals surface area contributed by atoms with Crippen molar-refractivity contribution in [1.29, 1.82) is 0 Å². The van der Waals surface area contributed by atoms with Crippen molar-refractivity contribution >= 4 is 5.91 Å². The molecule has 150 valence electrons. The van der Waals surface area contributed by atoms with Gasteiger partial charge in [-0.1, -0.05) is 31.5 Å². The Morgan fingerprint density at radius 1 is 1.21 bits per heavy atom. The number of hydrogen-bond acceptors (Lipinski definition) is 3. The summed E-state index contributed by atoms with van der Waals surface area (Å²) in [6.45, 7) is 4.18. The van der Waals surface area contributed by atoms with Crippen LogP contribution in [0.1, 0.15) is 48.5 Å². The third kappa shape index (κ3) is 5.55. The lowest BCUT2D eigenvalue weighted by molar-refractivity contribution is 0.0505. The van der Waals surface area contributed by atoms with Gasteiger partial charge in [-0.2, -0.15) is 0 Å². The molecule has 0 radical (unpaired) electrons. The van der Waals surface area contributed by atoms with Gasteiger partial charge in [-0.3, -0.25) is 4.79 Å². The Labute approximate surface area is 166 Å². The lowest BCUT2D eigenvalue weighted by Crippen LogP contribution is -2.37. The molecule has 1 unspecified atom stereocenters. The van der Waals surface area contributed by atoms with E-state index in [0.717, 1.165) is 38.0 Å². The minimum atomic E-state index is -0.299. The molecule has 1 heterocycles. The molecule has 5 heteroatoms. The van der Waals surface area contributed by atoms with Crippen molar-refractivity contribution in [2.75, 3.05) is 19.8 Å². The van der Waals surface area contributed by atoms with Crippen LogP contribution in [0.2, 0.25) is 0 Å². The Balaban J connectivity index is 1.72. The number of carbonyl (C=O) groups is 1. The molecule has 1 aliphatic heterocycles. The van der Waals surface area contributed by atoms with E-state index in [0.29, 0.717) is 24.3 Å². The predicted octanol–water partition coefficient (Wildman–Crippen LogP) is 4.83. The molecule has 1 amide bonds. The first kappa shape index (κ1) is 20.3. The first-order valence-corrected chi connectivity index (χ1v) is 10.0. The third-order valence-corrected chi connectivity index (χ3v) is 4.92. The van der Waals surface area contributed by atoms with Crippen molar-refractivity contribution in [3.05, 3.63) is 65.5 Å². The van der Waals surface area contributed by atoms with E-state index in [1.54, 1.807) is 35.2 Å². The Morgan fingerprint density at radius 3 is 2.68 bits per heavy atom.